The lowest BCUT2D eigenvalue weighted by atomic mass is 10.1. The molecule has 4 nitrogen and oxygen atoms in total. The van der Waals surface area contributed by atoms with Crippen LogP contribution in [0.3, 0.4) is 0 Å². The number of carbonyl (C=O) groups excluding carboxylic acids is 1. The minimum Gasteiger partial charge on any atom is -0.497 e. The molecule has 0 aliphatic carbocycles. The molecule has 0 saturated carbocycles. The molecule has 0 amide bonds. The highest BCUT2D eigenvalue weighted by molar-refractivity contribution is 6.33. The van der Waals surface area contributed by atoms with Crippen molar-refractivity contribution in [2.45, 2.75) is 6.10 Å². The zero-order chi connectivity index (χ0) is 12.4. The maximum Gasteiger partial charge on any atom is 0.375 e. The van der Waals surface area contributed by atoms with E-state index in [1.54, 1.807) is 31.4 Å². The average molecular weight is 255 g/mol. The van der Waals surface area contributed by atoms with Crippen LogP contribution in [-0.4, -0.2) is 20.2 Å². The van der Waals surface area contributed by atoms with Crippen molar-refractivity contribution in [3.05, 3.63) is 40.6 Å². The van der Waals surface area contributed by atoms with Crippen molar-refractivity contribution in [2.75, 3.05) is 14.2 Å². The van der Waals surface area contributed by atoms with Gasteiger partial charge in [0.25, 0.3) is 0 Å². The van der Waals surface area contributed by atoms with Gasteiger partial charge >= 0.3 is 5.97 Å². The second kappa shape index (κ2) is 4.67. The molecule has 1 aliphatic rings. The molecule has 90 valence electrons. The summed E-state index contributed by atoms with van der Waals surface area (Å²) in [5.41, 5.74) is 0.774. The monoisotopic (exact) mass is 254 g/mol. The van der Waals surface area contributed by atoms with Gasteiger partial charge in [0, 0.05) is 0 Å². The zero-order valence-electron chi connectivity index (χ0n) is 9.40. The van der Waals surface area contributed by atoms with Gasteiger partial charge in [0.05, 0.1) is 14.2 Å². The number of rotatable bonds is 3. The third-order valence-corrected chi connectivity index (χ3v) is 2.85. The van der Waals surface area contributed by atoms with Gasteiger partial charge in [-0.3, -0.25) is 0 Å². The maximum absolute atomic E-state index is 11.4. The van der Waals surface area contributed by atoms with E-state index in [-0.39, 0.29) is 10.8 Å². The first-order valence-corrected chi connectivity index (χ1v) is 5.33. The Labute approximate surface area is 104 Å². The second-order valence-corrected chi connectivity index (χ2v) is 3.85. The van der Waals surface area contributed by atoms with Crippen molar-refractivity contribution < 1.29 is 19.0 Å². The van der Waals surface area contributed by atoms with E-state index < -0.39 is 12.1 Å². The van der Waals surface area contributed by atoms with Crippen LogP contribution in [0.15, 0.2) is 35.1 Å². The fourth-order valence-electron chi connectivity index (χ4n) is 1.60. The number of esters is 1. The smallest absolute Gasteiger partial charge is 0.375 e. The van der Waals surface area contributed by atoms with Gasteiger partial charge in [0.2, 0.25) is 5.76 Å². The summed E-state index contributed by atoms with van der Waals surface area (Å²) in [4.78, 5) is 11.4. The Morgan fingerprint density at radius 3 is 2.29 bits per heavy atom. The molecule has 1 heterocycles. The van der Waals surface area contributed by atoms with E-state index >= 15 is 0 Å². The summed E-state index contributed by atoms with van der Waals surface area (Å²) in [5.74, 6) is 0.246. The quantitative estimate of drug-likeness (QED) is 0.777. The molecule has 1 atom stereocenters. The van der Waals surface area contributed by atoms with Crippen molar-refractivity contribution in [3.8, 4) is 5.75 Å². The molecule has 5 heteroatoms. The van der Waals surface area contributed by atoms with Gasteiger partial charge in [0.15, 0.2) is 6.10 Å². The van der Waals surface area contributed by atoms with Crippen molar-refractivity contribution >= 4 is 17.6 Å². The van der Waals surface area contributed by atoms with E-state index in [2.05, 4.69) is 0 Å². The Morgan fingerprint density at radius 2 is 1.82 bits per heavy atom. The van der Waals surface area contributed by atoms with Crippen LogP contribution in [0, 0.1) is 0 Å². The van der Waals surface area contributed by atoms with Crippen molar-refractivity contribution in [2.24, 2.45) is 0 Å². The SMILES string of the molecule is COC1=C(Cl)[C@H](c2ccc(OC)cc2)OC1=O. The fraction of sp³-hybridized carbons (Fsp3) is 0.250. The largest absolute Gasteiger partial charge is 0.497 e. The van der Waals surface area contributed by atoms with Gasteiger partial charge in [0.1, 0.15) is 10.8 Å². The van der Waals surface area contributed by atoms with Gasteiger partial charge < -0.3 is 14.2 Å². The normalized spacial score (nSPS) is 19.2. The number of hydrogen-bond acceptors (Lipinski definition) is 4. The molecule has 1 aromatic carbocycles. The van der Waals surface area contributed by atoms with Gasteiger partial charge in [-0.15, -0.1) is 0 Å². The Bertz CT molecular complexity index is 464. The minimum atomic E-state index is -0.593. The molecule has 1 aromatic rings. The van der Waals surface area contributed by atoms with Crippen molar-refractivity contribution in [3.63, 3.8) is 0 Å². The number of ether oxygens (including phenoxy) is 3. The predicted molar refractivity (Wildman–Crippen MR) is 61.7 cm³/mol. The molecule has 0 bridgehead atoms. The van der Waals surface area contributed by atoms with Crippen LogP contribution in [0.1, 0.15) is 11.7 Å². The summed E-state index contributed by atoms with van der Waals surface area (Å²) in [6, 6.07) is 7.13. The highest BCUT2D eigenvalue weighted by atomic mass is 35.5. The Morgan fingerprint density at radius 1 is 1.18 bits per heavy atom. The van der Waals surface area contributed by atoms with Crippen LogP contribution in [-0.2, 0) is 14.3 Å². The number of methoxy groups -OCH3 is 2. The first kappa shape index (κ1) is 11.8. The number of carbonyl (C=O) groups is 1. The topological polar surface area (TPSA) is 44.8 Å². The highest BCUT2D eigenvalue weighted by Crippen LogP contribution is 2.38. The molecule has 0 spiro atoms. The van der Waals surface area contributed by atoms with Crippen LogP contribution in [0.2, 0.25) is 0 Å². The minimum absolute atomic E-state index is 0.0625. The van der Waals surface area contributed by atoms with Crippen molar-refractivity contribution in [1.82, 2.24) is 0 Å². The number of hydrogen-bond donors (Lipinski definition) is 0. The Kier molecular flexibility index (Phi) is 3.24. The van der Waals surface area contributed by atoms with Crippen LogP contribution in [0.25, 0.3) is 0 Å². The van der Waals surface area contributed by atoms with E-state index in [1.807, 2.05) is 0 Å². The first-order chi connectivity index (χ1) is 8.17. The zero-order valence-corrected chi connectivity index (χ0v) is 10.2. The molecule has 0 N–H and O–H groups in total. The van der Waals surface area contributed by atoms with E-state index in [9.17, 15) is 4.79 Å². The molecule has 17 heavy (non-hydrogen) atoms. The lowest BCUT2D eigenvalue weighted by Crippen LogP contribution is -2.03. The predicted octanol–water partition coefficient (Wildman–Crippen LogP) is 2.39. The molecular formula is C12H11ClO4. The standard InChI is InChI=1S/C12H11ClO4/c1-15-8-5-3-7(4-6-8)10-9(13)11(16-2)12(14)17-10/h3-6,10H,1-2H3/t10-/m0/s1. The molecule has 0 fully saturated rings. The summed E-state index contributed by atoms with van der Waals surface area (Å²) >= 11 is 6.02. The Balaban J connectivity index is 2.29. The van der Waals surface area contributed by atoms with E-state index in [4.69, 9.17) is 25.8 Å². The van der Waals surface area contributed by atoms with Gasteiger partial charge in [-0.05, 0) is 17.7 Å². The van der Waals surface area contributed by atoms with Crippen molar-refractivity contribution in [1.29, 1.82) is 0 Å². The summed E-state index contributed by atoms with van der Waals surface area (Å²) in [6.45, 7) is 0. The summed E-state index contributed by atoms with van der Waals surface area (Å²) in [7, 11) is 2.97. The molecule has 1 aliphatic heterocycles. The third kappa shape index (κ3) is 2.08. The molecular weight excluding hydrogens is 244 g/mol. The van der Waals surface area contributed by atoms with E-state index in [0.29, 0.717) is 0 Å². The molecule has 0 saturated heterocycles. The van der Waals surface area contributed by atoms with Gasteiger partial charge in [-0.25, -0.2) is 4.79 Å². The van der Waals surface area contributed by atoms with Gasteiger partial charge in [-0.1, -0.05) is 23.7 Å². The first-order valence-electron chi connectivity index (χ1n) is 4.96. The molecule has 0 unspecified atom stereocenters. The van der Waals surface area contributed by atoms with Crippen LogP contribution in [0.5, 0.6) is 5.75 Å². The number of halogens is 1. The van der Waals surface area contributed by atoms with Crippen LogP contribution < -0.4 is 4.74 Å². The van der Waals surface area contributed by atoms with E-state index in [1.165, 1.54) is 7.11 Å². The highest BCUT2D eigenvalue weighted by Gasteiger charge is 2.35. The Hall–Kier alpha value is -1.68. The third-order valence-electron chi connectivity index (χ3n) is 2.48. The molecule has 0 aromatic heterocycles. The summed E-state index contributed by atoms with van der Waals surface area (Å²) in [5, 5.41) is 0.266. The second-order valence-electron chi connectivity index (χ2n) is 3.44. The molecule has 2 rings (SSSR count). The average Bonchev–Trinajstić information content (AvgIpc) is 2.64. The number of cyclic esters (lactones) is 1. The van der Waals surface area contributed by atoms with Gasteiger partial charge in [-0.2, -0.15) is 0 Å². The summed E-state index contributed by atoms with van der Waals surface area (Å²) in [6.07, 6.45) is -0.593. The lowest BCUT2D eigenvalue weighted by molar-refractivity contribution is -0.142. The van der Waals surface area contributed by atoms with Crippen LogP contribution in [0.4, 0.5) is 0 Å². The van der Waals surface area contributed by atoms with Crippen LogP contribution >= 0.6 is 11.6 Å². The number of benzene rings is 1. The maximum atomic E-state index is 11.4. The summed E-state index contributed by atoms with van der Waals surface area (Å²) < 4.78 is 15.1. The van der Waals surface area contributed by atoms with E-state index in [0.717, 1.165) is 11.3 Å². The lowest BCUT2D eigenvalue weighted by Gasteiger charge is -2.10. The fourth-order valence-corrected chi connectivity index (χ4v) is 1.93. The molecule has 0 radical (unpaired) electrons.